The van der Waals surface area contributed by atoms with Gasteiger partial charge in [0.05, 0.1) is 5.54 Å². The first-order valence-corrected chi connectivity index (χ1v) is 6.25. The zero-order valence-electron chi connectivity index (χ0n) is 11.1. The van der Waals surface area contributed by atoms with Crippen molar-refractivity contribution in [2.75, 3.05) is 0 Å². The van der Waals surface area contributed by atoms with Crippen molar-refractivity contribution in [3.05, 3.63) is 0 Å². The van der Waals surface area contributed by atoms with Crippen molar-refractivity contribution in [3.8, 4) is 0 Å². The molecule has 2 heterocycles. The quantitative estimate of drug-likeness (QED) is 0.652. The van der Waals surface area contributed by atoms with Gasteiger partial charge in [0.2, 0.25) is 0 Å². The molecule has 1 amide bonds. The Balaban J connectivity index is 2.17. The Bertz CT molecular complexity index is 358. The fourth-order valence-corrected chi connectivity index (χ4v) is 2.98. The van der Waals surface area contributed by atoms with E-state index in [9.17, 15) is 9.59 Å². The molecule has 4 nitrogen and oxygen atoms in total. The molecule has 0 N–H and O–H groups in total. The summed E-state index contributed by atoms with van der Waals surface area (Å²) in [5, 5.41) is 0. The maximum atomic E-state index is 12.2. The summed E-state index contributed by atoms with van der Waals surface area (Å²) < 4.78 is 5.43. The van der Waals surface area contributed by atoms with E-state index in [1.807, 2.05) is 27.7 Å². The van der Waals surface area contributed by atoms with Crippen LogP contribution in [0.1, 0.15) is 53.4 Å². The minimum Gasteiger partial charge on any atom is -0.444 e. The van der Waals surface area contributed by atoms with Gasteiger partial charge in [-0.05, 0) is 40.5 Å². The SMILES string of the molecule is CC(C)(C)OC(=O)N1[C@H]2CC[C@]1(C)CC(=O)C2. The van der Waals surface area contributed by atoms with Crippen LogP contribution in [0.4, 0.5) is 4.79 Å². The minimum atomic E-state index is -0.478. The summed E-state index contributed by atoms with van der Waals surface area (Å²) in [4.78, 5) is 25.6. The fraction of sp³-hybridized carbons (Fsp3) is 0.846. The molecule has 2 atom stereocenters. The summed E-state index contributed by atoms with van der Waals surface area (Å²) in [6.07, 6.45) is 2.52. The molecule has 0 radical (unpaired) electrons. The number of hydrogen-bond donors (Lipinski definition) is 0. The van der Waals surface area contributed by atoms with Gasteiger partial charge in [0.25, 0.3) is 0 Å². The van der Waals surface area contributed by atoms with Crippen LogP contribution in [0.25, 0.3) is 0 Å². The molecule has 0 aromatic carbocycles. The van der Waals surface area contributed by atoms with Crippen LogP contribution < -0.4 is 0 Å². The Labute approximate surface area is 102 Å². The molecule has 4 heteroatoms. The van der Waals surface area contributed by atoms with Crippen LogP contribution >= 0.6 is 0 Å². The summed E-state index contributed by atoms with van der Waals surface area (Å²) >= 11 is 0. The van der Waals surface area contributed by atoms with Gasteiger partial charge in [-0.2, -0.15) is 0 Å². The predicted molar refractivity (Wildman–Crippen MR) is 63.7 cm³/mol. The Morgan fingerprint density at radius 3 is 2.65 bits per heavy atom. The molecule has 0 aromatic heterocycles. The summed E-state index contributed by atoms with van der Waals surface area (Å²) in [7, 11) is 0. The molecule has 2 rings (SSSR count). The Kier molecular flexibility index (Phi) is 2.71. The van der Waals surface area contributed by atoms with E-state index in [1.54, 1.807) is 4.90 Å². The topological polar surface area (TPSA) is 46.6 Å². The molecule has 0 spiro atoms. The zero-order chi connectivity index (χ0) is 12.8. The third kappa shape index (κ3) is 2.31. The molecule has 96 valence electrons. The largest absolute Gasteiger partial charge is 0.444 e. The average molecular weight is 239 g/mol. The average Bonchev–Trinajstić information content (AvgIpc) is 2.31. The molecule has 2 fully saturated rings. The normalized spacial score (nSPS) is 32.8. The van der Waals surface area contributed by atoms with Crippen LogP contribution in [0.3, 0.4) is 0 Å². The van der Waals surface area contributed by atoms with Crippen LogP contribution in [-0.2, 0) is 9.53 Å². The van der Waals surface area contributed by atoms with Gasteiger partial charge in [0, 0.05) is 18.9 Å². The van der Waals surface area contributed by atoms with E-state index in [0.29, 0.717) is 12.8 Å². The highest BCUT2D eigenvalue weighted by atomic mass is 16.6. The van der Waals surface area contributed by atoms with E-state index in [1.165, 1.54) is 0 Å². The third-order valence-corrected chi connectivity index (χ3v) is 3.59. The lowest BCUT2D eigenvalue weighted by atomic mass is 9.90. The van der Waals surface area contributed by atoms with E-state index >= 15 is 0 Å². The van der Waals surface area contributed by atoms with Gasteiger partial charge in [-0.15, -0.1) is 0 Å². The number of hydrogen-bond acceptors (Lipinski definition) is 3. The zero-order valence-corrected chi connectivity index (χ0v) is 11.1. The molecule has 2 saturated heterocycles. The van der Waals surface area contributed by atoms with Crippen molar-refractivity contribution in [1.29, 1.82) is 0 Å². The maximum absolute atomic E-state index is 12.2. The number of ketones is 1. The van der Waals surface area contributed by atoms with Gasteiger partial charge in [-0.1, -0.05) is 0 Å². The van der Waals surface area contributed by atoms with Crippen LogP contribution in [0.2, 0.25) is 0 Å². The van der Waals surface area contributed by atoms with Crippen molar-refractivity contribution in [2.24, 2.45) is 0 Å². The van der Waals surface area contributed by atoms with Gasteiger partial charge >= 0.3 is 6.09 Å². The van der Waals surface area contributed by atoms with Crippen LogP contribution in [0.15, 0.2) is 0 Å². The second-order valence-corrected chi connectivity index (χ2v) is 6.46. The second-order valence-electron chi connectivity index (χ2n) is 6.46. The predicted octanol–water partition coefficient (Wildman–Crippen LogP) is 2.51. The lowest BCUT2D eigenvalue weighted by Gasteiger charge is -2.42. The molecule has 0 aliphatic carbocycles. The smallest absolute Gasteiger partial charge is 0.411 e. The number of carbonyl (C=O) groups is 2. The first-order valence-electron chi connectivity index (χ1n) is 6.25. The number of carbonyl (C=O) groups excluding carboxylic acids is 2. The molecular weight excluding hydrogens is 218 g/mol. The maximum Gasteiger partial charge on any atom is 0.411 e. The molecule has 0 unspecified atom stereocenters. The van der Waals surface area contributed by atoms with Crippen molar-refractivity contribution < 1.29 is 14.3 Å². The number of nitrogens with zero attached hydrogens (tertiary/aromatic N) is 1. The third-order valence-electron chi connectivity index (χ3n) is 3.59. The van der Waals surface area contributed by atoms with Gasteiger partial charge in [0.1, 0.15) is 11.4 Å². The van der Waals surface area contributed by atoms with Crippen molar-refractivity contribution in [1.82, 2.24) is 4.90 Å². The first kappa shape index (κ1) is 12.4. The first-order chi connectivity index (χ1) is 7.71. The summed E-state index contributed by atoms with van der Waals surface area (Å²) in [5.74, 6) is 0.273. The van der Waals surface area contributed by atoms with Gasteiger partial charge in [-0.3, -0.25) is 9.69 Å². The van der Waals surface area contributed by atoms with Crippen LogP contribution in [0.5, 0.6) is 0 Å². The monoisotopic (exact) mass is 239 g/mol. The van der Waals surface area contributed by atoms with Crippen LogP contribution in [0, 0.1) is 0 Å². The molecule has 0 aromatic rings. The Morgan fingerprint density at radius 2 is 2.12 bits per heavy atom. The number of rotatable bonds is 0. The van der Waals surface area contributed by atoms with Crippen molar-refractivity contribution in [2.45, 2.75) is 70.6 Å². The minimum absolute atomic E-state index is 0.0519. The molecule has 2 aliphatic rings. The van der Waals surface area contributed by atoms with Crippen molar-refractivity contribution in [3.63, 3.8) is 0 Å². The summed E-state index contributed by atoms with van der Waals surface area (Å²) in [6, 6.07) is 0.0519. The molecule has 0 saturated carbocycles. The number of fused-ring (bicyclic) bond motifs is 2. The Hall–Kier alpha value is -1.06. The second kappa shape index (κ2) is 3.72. The number of Topliss-reactive ketones (excluding diaryl/α,β-unsaturated/α-hetero) is 1. The fourth-order valence-electron chi connectivity index (χ4n) is 2.98. The standard InChI is InChI=1S/C13H21NO3/c1-12(2,3)17-11(16)14-9-5-6-13(14,4)8-10(15)7-9/h9H,5-8H2,1-4H3/t9-,13+/m0/s1. The van der Waals surface area contributed by atoms with Gasteiger partial charge in [0.15, 0.2) is 0 Å². The highest BCUT2D eigenvalue weighted by Gasteiger charge is 2.51. The molecular formula is C13H21NO3. The molecule has 2 bridgehead atoms. The summed E-state index contributed by atoms with van der Waals surface area (Å²) in [5.41, 5.74) is -0.795. The van der Waals surface area contributed by atoms with E-state index in [2.05, 4.69) is 0 Å². The van der Waals surface area contributed by atoms with E-state index in [0.717, 1.165) is 12.8 Å². The number of ether oxygens (including phenoxy) is 1. The lowest BCUT2D eigenvalue weighted by molar-refractivity contribution is -0.125. The van der Waals surface area contributed by atoms with Gasteiger partial charge < -0.3 is 4.74 Å². The Morgan fingerprint density at radius 1 is 1.47 bits per heavy atom. The highest BCUT2D eigenvalue weighted by molar-refractivity contribution is 5.84. The van der Waals surface area contributed by atoms with Crippen LogP contribution in [-0.4, -0.2) is 34.0 Å². The molecule has 17 heavy (non-hydrogen) atoms. The highest BCUT2D eigenvalue weighted by Crippen LogP contribution is 2.43. The number of amides is 1. The van der Waals surface area contributed by atoms with Gasteiger partial charge in [-0.25, -0.2) is 4.79 Å². The number of piperidine rings is 1. The van der Waals surface area contributed by atoms with E-state index in [-0.39, 0.29) is 23.5 Å². The van der Waals surface area contributed by atoms with Crippen molar-refractivity contribution >= 4 is 11.9 Å². The summed E-state index contributed by atoms with van der Waals surface area (Å²) in [6.45, 7) is 7.59. The molecule has 2 aliphatic heterocycles. The van der Waals surface area contributed by atoms with E-state index in [4.69, 9.17) is 4.74 Å². The van der Waals surface area contributed by atoms with E-state index < -0.39 is 5.60 Å². The lowest BCUT2D eigenvalue weighted by Crippen LogP contribution is -2.55.